The highest BCUT2D eigenvalue weighted by Crippen LogP contribution is 2.18. The molecule has 3 aromatic rings. The van der Waals surface area contributed by atoms with Gasteiger partial charge in [-0.15, -0.1) is 0 Å². The maximum atomic E-state index is 12.5. The number of carboxylic acids is 1. The number of carboxylic acid groups (broad SMARTS) is 1. The van der Waals surface area contributed by atoms with Crippen LogP contribution in [0.5, 0.6) is 6.01 Å². The SMILES string of the molecule is CCCCOc1nc(N)c2[nH]c(=O)n(CCCNS(=O)(=O)c3cccc(CC(=O)O)c3)c2n1. The number of sulfonamides is 1. The van der Waals surface area contributed by atoms with Crippen LogP contribution in [0.1, 0.15) is 31.7 Å². The van der Waals surface area contributed by atoms with Crippen molar-refractivity contribution in [1.29, 1.82) is 0 Å². The first-order valence-electron chi connectivity index (χ1n) is 10.4. The Kier molecular flexibility index (Phi) is 7.66. The number of H-pyrrole nitrogens is 1. The van der Waals surface area contributed by atoms with Gasteiger partial charge in [-0.3, -0.25) is 9.36 Å². The van der Waals surface area contributed by atoms with Crippen molar-refractivity contribution in [2.24, 2.45) is 0 Å². The highest BCUT2D eigenvalue weighted by Gasteiger charge is 2.17. The van der Waals surface area contributed by atoms with Crippen molar-refractivity contribution in [1.82, 2.24) is 24.2 Å². The molecule has 0 unspecified atom stereocenters. The van der Waals surface area contributed by atoms with E-state index in [1.54, 1.807) is 6.07 Å². The fourth-order valence-electron chi connectivity index (χ4n) is 3.13. The number of anilines is 1. The molecule has 13 heteroatoms. The zero-order valence-electron chi connectivity index (χ0n) is 18.1. The second-order valence-electron chi connectivity index (χ2n) is 7.34. The zero-order chi connectivity index (χ0) is 24.0. The monoisotopic (exact) mass is 478 g/mol. The zero-order valence-corrected chi connectivity index (χ0v) is 18.9. The number of imidazole rings is 1. The summed E-state index contributed by atoms with van der Waals surface area (Å²) in [7, 11) is -3.84. The van der Waals surface area contributed by atoms with Gasteiger partial charge in [-0.2, -0.15) is 9.97 Å². The van der Waals surface area contributed by atoms with Crippen LogP contribution in [0.2, 0.25) is 0 Å². The van der Waals surface area contributed by atoms with E-state index in [2.05, 4.69) is 19.7 Å². The summed E-state index contributed by atoms with van der Waals surface area (Å²) in [5.41, 5.74) is 6.43. The summed E-state index contributed by atoms with van der Waals surface area (Å²) < 4.78 is 34.4. The quantitative estimate of drug-likeness (QED) is 0.274. The molecule has 3 rings (SSSR count). The van der Waals surface area contributed by atoms with Crippen LogP contribution in [0, 0.1) is 0 Å². The van der Waals surface area contributed by atoms with Crippen LogP contribution in [0.15, 0.2) is 34.0 Å². The molecule has 2 heterocycles. The Bertz CT molecular complexity index is 1300. The highest BCUT2D eigenvalue weighted by molar-refractivity contribution is 7.89. The van der Waals surface area contributed by atoms with E-state index in [1.165, 1.54) is 22.8 Å². The second-order valence-corrected chi connectivity index (χ2v) is 9.11. The molecule has 0 aliphatic heterocycles. The number of benzene rings is 1. The third-order valence-corrected chi connectivity index (χ3v) is 6.23. The second kappa shape index (κ2) is 10.4. The number of aryl methyl sites for hydroxylation is 1. The molecule has 178 valence electrons. The van der Waals surface area contributed by atoms with Crippen molar-refractivity contribution >= 4 is 33.0 Å². The van der Waals surface area contributed by atoms with Gasteiger partial charge in [0.1, 0.15) is 5.52 Å². The van der Waals surface area contributed by atoms with Crippen LogP contribution in [0.3, 0.4) is 0 Å². The molecule has 0 saturated heterocycles. The maximum Gasteiger partial charge on any atom is 0.327 e. The van der Waals surface area contributed by atoms with Crippen LogP contribution in [0.25, 0.3) is 11.2 Å². The lowest BCUT2D eigenvalue weighted by atomic mass is 10.2. The van der Waals surface area contributed by atoms with Crippen molar-refractivity contribution in [3.8, 4) is 6.01 Å². The molecule has 0 aliphatic carbocycles. The Morgan fingerprint density at radius 1 is 1.30 bits per heavy atom. The number of aromatic nitrogens is 4. The first-order chi connectivity index (χ1) is 15.7. The molecular weight excluding hydrogens is 452 g/mol. The normalized spacial score (nSPS) is 11.7. The van der Waals surface area contributed by atoms with Crippen molar-refractivity contribution < 1.29 is 23.1 Å². The number of unbranched alkanes of at least 4 members (excludes halogenated alkanes) is 1. The first-order valence-corrected chi connectivity index (χ1v) is 11.9. The van der Waals surface area contributed by atoms with Crippen molar-refractivity contribution in [2.75, 3.05) is 18.9 Å². The molecule has 0 bridgehead atoms. The average molecular weight is 479 g/mol. The van der Waals surface area contributed by atoms with Gasteiger partial charge in [0.25, 0.3) is 0 Å². The number of aromatic amines is 1. The molecule has 0 amide bonds. The van der Waals surface area contributed by atoms with E-state index in [4.69, 9.17) is 15.6 Å². The summed E-state index contributed by atoms with van der Waals surface area (Å²) in [5.74, 6) is -0.964. The van der Waals surface area contributed by atoms with E-state index in [1.807, 2.05) is 6.92 Å². The summed E-state index contributed by atoms with van der Waals surface area (Å²) in [4.78, 5) is 34.1. The number of hydrogen-bond acceptors (Lipinski definition) is 8. The van der Waals surface area contributed by atoms with Gasteiger partial charge in [0.15, 0.2) is 11.5 Å². The van der Waals surface area contributed by atoms with Gasteiger partial charge in [0.2, 0.25) is 10.0 Å². The van der Waals surface area contributed by atoms with Crippen molar-refractivity contribution in [3.63, 3.8) is 0 Å². The third kappa shape index (κ3) is 6.08. The van der Waals surface area contributed by atoms with Gasteiger partial charge in [0.05, 0.1) is 17.9 Å². The molecule has 33 heavy (non-hydrogen) atoms. The molecule has 0 atom stereocenters. The van der Waals surface area contributed by atoms with Crippen LogP contribution in [-0.4, -0.2) is 52.2 Å². The highest BCUT2D eigenvalue weighted by atomic mass is 32.2. The standard InChI is InChI=1S/C20H26N6O6S/c1-2-3-10-32-19-24-17(21)16-18(25-19)26(20(29)23-16)9-5-8-22-33(30,31)14-7-4-6-13(11-14)12-15(27)28/h4,6-7,11,22H,2-3,5,8-10,12H2,1H3,(H,23,29)(H,27,28)(H2,21,24,25). The lowest BCUT2D eigenvalue weighted by Gasteiger charge is -2.09. The molecule has 2 aromatic heterocycles. The number of nitrogens with two attached hydrogens (primary N) is 1. The van der Waals surface area contributed by atoms with Gasteiger partial charge >= 0.3 is 17.7 Å². The van der Waals surface area contributed by atoms with Crippen LogP contribution >= 0.6 is 0 Å². The summed E-state index contributed by atoms with van der Waals surface area (Å²) >= 11 is 0. The summed E-state index contributed by atoms with van der Waals surface area (Å²) in [6.07, 6.45) is 1.77. The van der Waals surface area contributed by atoms with Gasteiger partial charge in [-0.05, 0) is 30.5 Å². The van der Waals surface area contributed by atoms with E-state index in [9.17, 15) is 18.0 Å². The topological polar surface area (TPSA) is 182 Å². The molecule has 1 aromatic carbocycles. The van der Waals surface area contributed by atoms with E-state index in [0.717, 1.165) is 12.8 Å². The number of carbonyl (C=O) groups is 1. The molecule has 5 N–H and O–H groups in total. The number of ether oxygens (including phenoxy) is 1. The number of aliphatic carboxylic acids is 1. The minimum Gasteiger partial charge on any atom is -0.481 e. The predicted octanol–water partition coefficient (Wildman–Crippen LogP) is 0.876. The smallest absolute Gasteiger partial charge is 0.327 e. The minimum atomic E-state index is -3.84. The van der Waals surface area contributed by atoms with E-state index >= 15 is 0 Å². The fraction of sp³-hybridized carbons (Fsp3) is 0.400. The van der Waals surface area contributed by atoms with E-state index in [-0.39, 0.29) is 48.3 Å². The summed E-state index contributed by atoms with van der Waals surface area (Å²) in [5, 5.41) is 8.89. The Balaban J connectivity index is 1.67. The predicted molar refractivity (Wildman–Crippen MR) is 121 cm³/mol. The number of hydrogen-bond donors (Lipinski definition) is 4. The van der Waals surface area contributed by atoms with Gasteiger partial charge in [0, 0.05) is 13.1 Å². The first kappa shape index (κ1) is 24.2. The Labute approximate surface area is 189 Å². The van der Waals surface area contributed by atoms with Crippen LogP contribution < -0.4 is 20.9 Å². The lowest BCUT2D eigenvalue weighted by molar-refractivity contribution is -0.136. The average Bonchev–Trinajstić information content (AvgIpc) is 3.07. The largest absolute Gasteiger partial charge is 0.481 e. The van der Waals surface area contributed by atoms with E-state index in [0.29, 0.717) is 17.7 Å². The number of nitrogens with zero attached hydrogens (tertiary/aromatic N) is 3. The molecule has 0 spiro atoms. The molecular formula is C20H26N6O6S. The summed E-state index contributed by atoms with van der Waals surface area (Å²) in [6.45, 7) is 2.66. The number of fused-ring (bicyclic) bond motifs is 1. The maximum absolute atomic E-state index is 12.5. The van der Waals surface area contributed by atoms with Crippen molar-refractivity contribution in [3.05, 3.63) is 40.3 Å². The number of rotatable bonds is 12. The Morgan fingerprint density at radius 3 is 2.82 bits per heavy atom. The lowest BCUT2D eigenvalue weighted by Crippen LogP contribution is -2.27. The minimum absolute atomic E-state index is 0.0279. The number of nitrogens with one attached hydrogen (secondary N) is 2. The van der Waals surface area contributed by atoms with Gasteiger partial charge < -0.3 is 20.6 Å². The van der Waals surface area contributed by atoms with Crippen molar-refractivity contribution in [2.45, 2.75) is 44.0 Å². The Morgan fingerprint density at radius 2 is 2.09 bits per heavy atom. The Hall–Kier alpha value is -3.45. The van der Waals surface area contributed by atoms with Gasteiger partial charge in [-0.25, -0.2) is 17.9 Å². The third-order valence-electron chi connectivity index (χ3n) is 4.77. The molecule has 12 nitrogen and oxygen atoms in total. The molecule has 0 fully saturated rings. The summed E-state index contributed by atoms with van der Waals surface area (Å²) in [6, 6.07) is 5.81. The molecule has 0 radical (unpaired) electrons. The fourth-order valence-corrected chi connectivity index (χ4v) is 4.28. The molecule has 0 saturated carbocycles. The van der Waals surface area contributed by atoms with Crippen LogP contribution in [0.4, 0.5) is 5.82 Å². The van der Waals surface area contributed by atoms with E-state index < -0.39 is 21.7 Å². The van der Waals surface area contributed by atoms with Gasteiger partial charge in [-0.1, -0.05) is 25.5 Å². The number of nitrogen functional groups attached to an aromatic ring is 1. The van der Waals surface area contributed by atoms with Crippen LogP contribution in [-0.2, 0) is 27.8 Å². The molecule has 0 aliphatic rings.